The summed E-state index contributed by atoms with van der Waals surface area (Å²) >= 11 is 3.35. The zero-order valence-corrected chi connectivity index (χ0v) is 14.2. The van der Waals surface area contributed by atoms with Crippen LogP contribution in [0.25, 0.3) is 0 Å². The van der Waals surface area contributed by atoms with Gasteiger partial charge < -0.3 is 16.2 Å². The largest absolute Gasteiger partial charge is 0.398 e. The second kappa shape index (κ2) is 6.36. The SMILES string of the molecule is Cc1c(N)cc(Br)cc1C(=O)NCC1(O)CCC(C)CC1. The molecule has 1 aromatic rings. The summed E-state index contributed by atoms with van der Waals surface area (Å²) in [6.45, 7) is 4.32. The molecular formula is C16H23BrN2O2. The smallest absolute Gasteiger partial charge is 0.251 e. The molecule has 4 N–H and O–H groups in total. The Morgan fingerprint density at radius 2 is 2.10 bits per heavy atom. The highest BCUT2D eigenvalue weighted by Gasteiger charge is 2.32. The van der Waals surface area contributed by atoms with Gasteiger partial charge in [-0.05, 0) is 56.2 Å². The van der Waals surface area contributed by atoms with Crippen LogP contribution in [-0.2, 0) is 0 Å². The molecule has 4 nitrogen and oxygen atoms in total. The van der Waals surface area contributed by atoms with Gasteiger partial charge in [0.2, 0.25) is 0 Å². The Morgan fingerprint density at radius 1 is 1.48 bits per heavy atom. The monoisotopic (exact) mass is 354 g/mol. The number of aliphatic hydroxyl groups is 1. The average Bonchev–Trinajstić information content (AvgIpc) is 2.44. The molecular weight excluding hydrogens is 332 g/mol. The number of amides is 1. The molecule has 0 heterocycles. The number of benzene rings is 1. The second-order valence-corrected chi connectivity index (χ2v) is 7.17. The van der Waals surface area contributed by atoms with E-state index in [1.54, 1.807) is 12.1 Å². The Bertz CT molecular complexity index is 537. The molecule has 0 unspecified atom stereocenters. The number of nitrogen functional groups attached to an aromatic ring is 1. The van der Waals surface area contributed by atoms with Crippen LogP contribution < -0.4 is 11.1 Å². The first-order valence-electron chi connectivity index (χ1n) is 7.37. The highest BCUT2D eigenvalue weighted by Crippen LogP contribution is 2.31. The zero-order chi connectivity index (χ0) is 15.6. The minimum atomic E-state index is -0.770. The van der Waals surface area contributed by atoms with Gasteiger partial charge in [0.05, 0.1) is 5.60 Å². The number of hydrogen-bond acceptors (Lipinski definition) is 3. The third-order valence-corrected chi connectivity index (χ3v) is 4.90. The molecule has 0 radical (unpaired) electrons. The van der Waals surface area contributed by atoms with Crippen LogP contribution in [0.1, 0.15) is 48.5 Å². The Labute approximate surface area is 134 Å². The molecule has 21 heavy (non-hydrogen) atoms. The van der Waals surface area contributed by atoms with Gasteiger partial charge in [-0.15, -0.1) is 0 Å². The summed E-state index contributed by atoms with van der Waals surface area (Å²) in [6, 6.07) is 3.54. The number of carbonyl (C=O) groups is 1. The molecule has 0 aliphatic heterocycles. The predicted molar refractivity (Wildman–Crippen MR) is 88.2 cm³/mol. The van der Waals surface area contributed by atoms with E-state index in [0.717, 1.165) is 35.7 Å². The van der Waals surface area contributed by atoms with E-state index >= 15 is 0 Å². The first-order valence-corrected chi connectivity index (χ1v) is 8.16. The highest BCUT2D eigenvalue weighted by molar-refractivity contribution is 9.10. The van der Waals surface area contributed by atoms with Crippen LogP contribution in [0.3, 0.4) is 0 Å². The molecule has 1 aliphatic rings. The third kappa shape index (κ3) is 3.98. The Kier molecular flexibility index (Phi) is 4.94. The Hall–Kier alpha value is -1.07. The summed E-state index contributed by atoms with van der Waals surface area (Å²) in [6.07, 6.45) is 3.51. The summed E-state index contributed by atoms with van der Waals surface area (Å²) in [7, 11) is 0. The fourth-order valence-corrected chi connectivity index (χ4v) is 3.23. The van der Waals surface area contributed by atoms with Gasteiger partial charge in [-0.3, -0.25) is 4.79 Å². The van der Waals surface area contributed by atoms with Crippen LogP contribution in [0.15, 0.2) is 16.6 Å². The average molecular weight is 355 g/mol. The van der Waals surface area contributed by atoms with Gasteiger partial charge in [0.25, 0.3) is 5.91 Å². The van der Waals surface area contributed by atoms with E-state index in [0.29, 0.717) is 23.7 Å². The number of rotatable bonds is 3. The maximum atomic E-state index is 12.3. The minimum Gasteiger partial charge on any atom is -0.398 e. The molecule has 5 heteroatoms. The number of nitrogens with two attached hydrogens (primary N) is 1. The van der Waals surface area contributed by atoms with Gasteiger partial charge in [0, 0.05) is 22.3 Å². The van der Waals surface area contributed by atoms with Gasteiger partial charge >= 0.3 is 0 Å². The van der Waals surface area contributed by atoms with Crippen molar-refractivity contribution in [2.24, 2.45) is 5.92 Å². The molecule has 1 saturated carbocycles. The number of nitrogens with one attached hydrogen (secondary N) is 1. The van der Waals surface area contributed by atoms with Crippen LogP contribution >= 0.6 is 15.9 Å². The number of anilines is 1. The van der Waals surface area contributed by atoms with Crippen molar-refractivity contribution >= 4 is 27.5 Å². The fourth-order valence-electron chi connectivity index (χ4n) is 2.75. The fraction of sp³-hybridized carbons (Fsp3) is 0.562. The number of hydrogen-bond donors (Lipinski definition) is 3. The molecule has 116 valence electrons. The van der Waals surface area contributed by atoms with E-state index in [1.165, 1.54) is 0 Å². The van der Waals surface area contributed by atoms with Crippen molar-refractivity contribution in [1.82, 2.24) is 5.32 Å². The molecule has 0 atom stereocenters. The van der Waals surface area contributed by atoms with Crippen molar-refractivity contribution in [2.45, 2.75) is 45.1 Å². The van der Waals surface area contributed by atoms with Crippen LogP contribution in [0, 0.1) is 12.8 Å². The van der Waals surface area contributed by atoms with E-state index in [2.05, 4.69) is 28.2 Å². The van der Waals surface area contributed by atoms with Crippen molar-refractivity contribution in [3.05, 3.63) is 27.7 Å². The van der Waals surface area contributed by atoms with Crippen LogP contribution in [-0.4, -0.2) is 23.2 Å². The van der Waals surface area contributed by atoms with E-state index in [1.807, 2.05) is 6.92 Å². The summed E-state index contributed by atoms with van der Waals surface area (Å²) in [5.41, 5.74) is 7.01. The summed E-state index contributed by atoms with van der Waals surface area (Å²) < 4.78 is 0.779. The summed E-state index contributed by atoms with van der Waals surface area (Å²) in [5.74, 6) is 0.473. The highest BCUT2D eigenvalue weighted by atomic mass is 79.9. The van der Waals surface area contributed by atoms with Gasteiger partial charge in [-0.2, -0.15) is 0 Å². The van der Waals surface area contributed by atoms with Gasteiger partial charge in [0.1, 0.15) is 0 Å². The molecule has 0 saturated heterocycles. The lowest BCUT2D eigenvalue weighted by Gasteiger charge is -2.35. The van der Waals surface area contributed by atoms with Crippen LogP contribution in [0.2, 0.25) is 0 Å². The summed E-state index contributed by atoms with van der Waals surface area (Å²) in [4.78, 5) is 12.3. The molecule has 1 aromatic carbocycles. The molecule has 1 aliphatic carbocycles. The quantitative estimate of drug-likeness (QED) is 0.730. The standard InChI is InChI=1S/C16H23BrN2O2/c1-10-3-5-16(21,6-4-10)9-19-15(20)13-7-12(17)8-14(18)11(13)2/h7-8,10,21H,3-6,9,18H2,1-2H3,(H,19,20). The maximum Gasteiger partial charge on any atom is 0.251 e. The summed E-state index contributed by atoms with van der Waals surface area (Å²) in [5, 5.41) is 13.4. The molecule has 2 rings (SSSR count). The van der Waals surface area contributed by atoms with Gasteiger partial charge in [-0.1, -0.05) is 22.9 Å². The van der Waals surface area contributed by atoms with Crippen LogP contribution in [0.4, 0.5) is 5.69 Å². The molecule has 0 spiro atoms. The zero-order valence-electron chi connectivity index (χ0n) is 12.6. The van der Waals surface area contributed by atoms with E-state index < -0.39 is 5.60 Å². The van der Waals surface area contributed by atoms with Gasteiger partial charge in [0.15, 0.2) is 0 Å². The van der Waals surface area contributed by atoms with Crippen molar-refractivity contribution in [3.8, 4) is 0 Å². The first kappa shape index (κ1) is 16.3. The lowest BCUT2D eigenvalue weighted by Crippen LogP contribution is -2.45. The second-order valence-electron chi connectivity index (χ2n) is 6.26. The third-order valence-electron chi connectivity index (χ3n) is 4.44. The van der Waals surface area contributed by atoms with Crippen molar-refractivity contribution in [2.75, 3.05) is 12.3 Å². The van der Waals surface area contributed by atoms with Crippen LogP contribution in [0.5, 0.6) is 0 Å². The molecule has 1 fully saturated rings. The van der Waals surface area contributed by atoms with E-state index in [4.69, 9.17) is 5.73 Å². The predicted octanol–water partition coefficient (Wildman–Crippen LogP) is 3.01. The van der Waals surface area contributed by atoms with Crippen molar-refractivity contribution < 1.29 is 9.90 Å². The number of carbonyl (C=O) groups excluding carboxylic acids is 1. The Balaban J connectivity index is 2.02. The van der Waals surface area contributed by atoms with Gasteiger partial charge in [-0.25, -0.2) is 0 Å². The molecule has 0 aromatic heterocycles. The Morgan fingerprint density at radius 3 is 2.71 bits per heavy atom. The maximum absolute atomic E-state index is 12.3. The first-order chi connectivity index (χ1) is 9.81. The van der Waals surface area contributed by atoms with E-state index in [9.17, 15) is 9.90 Å². The molecule has 0 bridgehead atoms. The van der Waals surface area contributed by atoms with Crippen molar-refractivity contribution in [1.29, 1.82) is 0 Å². The molecule has 1 amide bonds. The van der Waals surface area contributed by atoms with Crippen molar-refractivity contribution in [3.63, 3.8) is 0 Å². The number of halogens is 1. The lowest BCUT2D eigenvalue weighted by molar-refractivity contribution is -0.00540. The van der Waals surface area contributed by atoms with E-state index in [-0.39, 0.29) is 5.91 Å². The minimum absolute atomic E-state index is 0.187. The normalized spacial score (nSPS) is 25.6. The topological polar surface area (TPSA) is 75.4 Å². The lowest BCUT2D eigenvalue weighted by atomic mass is 9.79.